The lowest BCUT2D eigenvalue weighted by Gasteiger charge is -2.34. The van der Waals surface area contributed by atoms with Crippen molar-refractivity contribution in [3.8, 4) is 5.75 Å². The molecule has 2 fully saturated rings. The second-order valence-electron chi connectivity index (χ2n) is 7.16. The maximum absolute atomic E-state index is 13.4. The van der Waals surface area contributed by atoms with E-state index in [0.29, 0.717) is 18.5 Å². The fourth-order valence-electron chi connectivity index (χ4n) is 3.59. The average molecular weight is 364 g/mol. The largest absolute Gasteiger partial charge is 0.505 e. The van der Waals surface area contributed by atoms with Crippen LogP contribution in [0.3, 0.4) is 0 Å². The standard InChI is InChI=1S/C19H29FN4O2/c1-21-19(22-11-14-2-3-18(25)17(20)10-14)23-16-4-7-24(8-5-16)12-15-6-9-26-13-15/h2-3,10,15-16,25H,4-9,11-13H2,1H3,(H2,21,22,23). The molecule has 2 aliphatic rings. The van der Waals surface area contributed by atoms with E-state index in [1.807, 2.05) is 0 Å². The van der Waals surface area contributed by atoms with Gasteiger partial charge in [0.05, 0.1) is 6.61 Å². The van der Waals surface area contributed by atoms with Gasteiger partial charge in [0, 0.05) is 45.9 Å². The second-order valence-corrected chi connectivity index (χ2v) is 7.16. The number of phenols is 1. The molecule has 3 rings (SSSR count). The van der Waals surface area contributed by atoms with Crippen molar-refractivity contribution in [3.63, 3.8) is 0 Å². The summed E-state index contributed by atoms with van der Waals surface area (Å²) in [6.07, 6.45) is 3.36. The topological polar surface area (TPSA) is 69.1 Å². The summed E-state index contributed by atoms with van der Waals surface area (Å²) < 4.78 is 18.9. The minimum absolute atomic E-state index is 0.327. The lowest BCUT2D eigenvalue weighted by Crippen LogP contribution is -2.49. The van der Waals surface area contributed by atoms with E-state index < -0.39 is 5.82 Å². The molecule has 2 heterocycles. The fraction of sp³-hybridized carbons (Fsp3) is 0.632. The Labute approximate surface area is 154 Å². The third-order valence-corrected chi connectivity index (χ3v) is 5.16. The molecule has 0 spiro atoms. The van der Waals surface area contributed by atoms with Gasteiger partial charge in [0.1, 0.15) is 0 Å². The minimum Gasteiger partial charge on any atom is -0.505 e. The van der Waals surface area contributed by atoms with Crippen molar-refractivity contribution in [2.45, 2.75) is 31.8 Å². The Morgan fingerprint density at radius 1 is 1.35 bits per heavy atom. The summed E-state index contributed by atoms with van der Waals surface area (Å²) in [5.74, 6) is 0.486. The number of hydrogen-bond acceptors (Lipinski definition) is 4. The molecule has 3 N–H and O–H groups in total. The van der Waals surface area contributed by atoms with Gasteiger partial charge in [0.2, 0.25) is 0 Å². The highest BCUT2D eigenvalue weighted by Gasteiger charge is 2.24. The fourth-order valence-corrected chi connectivity index (χ4v) is 3.59. The zero-order valence-corrected chi connectivity index (χ0v) is 15.4. The van der Waals surface area contributed by atoms with E-state index in [4.69, 9.17) is 4.74 Å². The summed E-state index contributed by atoms with van der Waals surface area (Å²) in [6.45, 7) is 5.61. The van der Waals surface area contributed by atoms with Crippen molar-refractivity contribution in [3.05, 3.63) is 29.6 Å². The van der Waals surface area contributed by atoms with Gasteiger partial charge in [0.15, 0.2) is 17.5 Å². The number of likely N-dealkylation sites (tertiary alicyclic amines) is 1. The molecular weight excluding hydrogens is 335 g/mol. The molecule has 1 unspecified atom stereocenters. The van der Waals surface area contributed by atoms with Crippen LogP contribution in [0.15, 0.2) is 23.2 Å². The Balaban J connectivity index is 1.40. The number of aliphatic imine (C=N–C) groups is 1. The van der Waals surface area contributed by atoms with Crippen molar-refractivity contribution < 1.29 is 14.2 Å². The van der Waals surface area contributed by atoms with E-state index in [9.17, 15) is 9.50 Å². The molecule has 0 radical (unpaired) electrons. The maximum atomic E-state index is 13.4. The van der Waals surface area contributed by atoms with Crippen LogP contribution < -0.4 is 10.6 Å². The van der Waals surface area contributed by atoms with E-state index in [1.54, 1.807) is 13.1 Å². The van der Waals surface area contributed by atoms with E-state index >= 15 is 0 Å². The van der Waals surface area contributed by atoms with Crippen molar-refractivity contribution in [1.82, 2.24) is 15.5 Å². The Morgan fingerprint density at radius 2 is 2.15 bits per heavy atom. The van der Waals surface area contributed by atoms with Crippen LogP contribution >= 0.6 is 0 Å². The maximum Gasteiger partial charge on any atom is 0.191 e. The van der Waals surface area contributed by atoms with E-state index in [2.05, 4.69) is 20.5 Å². The van der Waals surface area contributed by atoms with Crippen LogP contribution in [0.5, 0.6) is 5.75 Å². The summed E-state index contributed by atoms with van der Waals surface area (Å²) >= 11 is 0. The number of ether oxygens (including phenoxy) is 1. The normalized spacial score (nSPS) is 22.5. The van der Waals surface area contributed by atoms with Crippen LogP contribution in [0.2, 0.25) is 0 Å². The molecule has 7 heteroatoms. The third-order valence-electron chi connectivity index (χ3n) is 5.16. The van der Waals surface area contributed by atoms with Crippen LogP contribution in [0, 0.1) is 11.7 Å². The first-order valence-electron chi connectivity index (χ1n) is 9.38. The monoisotopic (exact) mass is 364 g/mol. The zero-order valence-electron chi connectivity index (χ0n) is 15.4. The van der Waals surface area contributed by atoms with E-state index in [1.165, 1.54) is 18.6 Å². The Kier molecular flexibility index (Phi) is 6.68. The van der Waals surface area contributed by atoms with Gasteiger partial charge in [-0.2, -0.15) is 0 Å². The third kappa shape index (κ3) is 5.32. The summed E-state index contributed by atoms with van der Waals surface area (Å²) in [4.78, 5) is 6.80. The number of guanidine groups is 1. The number of phenolic OH excluding ortho intramolecular Hbond substituents is 1. The number of hydrogen-bond donors (Lipinski definition) is 3. The van der Waals surface area contributed by atoms with Crippen LogP contribution in [-0.4, -0.2) is 61.9 Å². The molecule has 0 aromatic heterocycles. The molecule has 0 aliphatic carbocycles. The molecular formula is C19H29FN4O2. The van der Waals surface area contributed by atoms with Gasteiger partial charge >= 0.3 is 0 Å². The zero-order chi connectivity index (χ0) is 18.4. The summed E-state index contributed by atoms with van der Waals surface area (Å²) in [5.41, 5.74) is 0.761. The molecule has 26 heavy (non-hydrogen) atoms. The number of halogens is 1. The number of aromatic hydroxyl groups is 1. The highest BCUT2D eigenvalue weighted by Crippen LogP contribution is 2.18. The molecule has 1 aromatic carbocycles. The lowest BCUT2D eigenvalue weighted by molar-refractivity contribution is 0.150. The Bertz CT molecular complexity index is 612. The highest BCUT2D eigenvalue weighted by atomic mass is 19.1. The van der Waals surface area contributed by atoms with E-state index in [0.717, 1.165) is 57.2 Å². The lowest BCUT2D eigenvalue weighted by atomic mass is 10.0. The van der Waals surface area contributed by atoms with Gasteiger partial charge in [-0.3, -0.25) is 4.99 Å². The Hall–Kier alpha value is -1.86. The highest BCUT2D eigenvalue weighted by molar-refractivity contribution is 5.79. The van der Waals surface area contributed by atoms with Crippen molar-refractivity contribution in [2.24, 2.45) is 10.9 Å². The second kappa shape index (κ2) is 9.19. The number of nitrogens with zero attached hydrogens (tertiary/aromatic N) is 2. The summed E-state index contributed by atoms with van der Waals surface area (Å²) in [6, 6.07) is 4.80. The smallest absolute Gasteiger partial charge is 0.191 e. The van der Waals surface area contributed by atoms with Crippen LogP contribution in [0.4, 0.5) is 4.39 Å². The number of piperidine rings is 1. The average Bonchev–Trinajstić information content (AvgIpc) is 3.16. The molecule has 1 atom stereocenters. The van der Waals surface area contributed by atoms with Crippen LogP contribution in [0.1, 0.15) is 24.8 Å². The predicted octanol–water partition coefficient (Wildman–Crippen LogP) is 1.70. The Morgan fingerprint density at radius 3 is 2.81 bits per heavy atom. The molecule has 0 bridgehead atoms. The van der Waals surface area contributed by atoms with Crippen molar-refractivity contribution >= 4 is 5.96 Å². The molecule has 2 saturated heterocycles. The molecule has 0 saturated carbocycles. The van der Waals surface area contributed by atoms with E-state index in [-0.39, 0.29) is 5.75 Å². The van der Waals surface area contributed by atoms with Crippen molar-refractivity contribution in [1.29, 1.82) is 0 Å². The van der Waals surface area contributed by atoms with Gasteiger partial charge in [-0.25, -0.2) is 4.39 Å². The first-order chi connectivity index (χ1) is 12.6. The van der Waals surface area contributed by atoms with Crippen molar-refractivity contribution in [2.75, 3.05) is 39.9 Å². The van der Waals surface area contributed by atoms with Gasteiger partial charge < -0.3 is 25.4 Å². The molecule has 0 amide bonds. The molecule has 2 aliphatic heterocycles. The van der Waals surface area contributed by atoms with Crippen LogP contribution in [0.25, 0.3) is 0 Å². The van der Waals surface area contributed by atoms with Gasteiger partial charge in [-0.1, -0.05) is 6.07 Å². The number of benzene rings is 1. The SMILES string of the molecule is CN=C(NCc1ccc(O)c(F)c1)NC1CCN(CC2CCOC2)CC1. The molecule has 144 valence electrons. The summed E-state index contributed by atoms with van der Waals surface area (Å²) in [7, 11) is 1.74. The molecule has 1 aromatic rings. The van der Waals surface area contributed by atoms with Gasteiger partial charge in [-0.15, -0.1) is 0 Å². The van der Waals surface area contributed by atoms with Gasteiger partial charge in [-0.05, 0) is 42.9 Å². The molecule has 6 nitrogen and oxygen atoms in total. The number of rotatable bonds is 5. The minimum atomic E-state index is -0.604. The van der Waals surface area contributed by atoms with Gasteiger partial charge in [0.25, 0.3) is 0 Å². The predicted molar refractivity (Wildman–Crippen MR) is 99.8 cm³/mol. The first kappa shape index (κ1) is 18.9. The number of nitrogens with one attached hydrogen (secondary N) is 2. The first-order valence-corrected chi connectivity index (χ1v) is 9.38. The van der Waals surface area contributed by atoms with Crippen LogP contribution in [-0.2, 0) is 11.3 Å². The quantitative estimate of drug-likeness (QED) is 0.548. The summed E-state index contributed by atoms with van der Waals surface area (Å²) in [5, 5.41) is 15.9.